The standard InChI is InChI=1S/C27H25NO2/c1-30-27(29)26-17-15-24(16-18-26)19-23(11-7-21-5-3-2-4-6-21)12-8-22-9-13-25(20-28)14-10-22/h2-7,9-11,13-18,23H,8,12,19H2,1H3. The van der Waals surface area contributed by atoms with Crippen molar-refractivity contribution in [3.8, 4) is 6.07 Å². The Kier molecular flexibility index (Phi) is 7.58. The Balaban J connectivity index is 1.71. The van der Waals surface area contributed by atoms with Crippen molar-refractivity contribution in [2.75, 3.05) is 7.11 Å². The molecule has 0 radical (unpaired) electrons. The van der Waals surface area contributed by atoms with Crippen LogP contribution < -0.4 is 0 Å². The number of allylic oxidation sites excluding steroid dienone is 1. The minimum absolute atomic E-state index is 0.317. The van der Waals surface area contributed by atoms with Gasteiger partial charge in [-0.2, -0.15) is 5.26 Å². The summed E-state index contributed by atoms with van der Waals surface area (Å²) in [6.45, 7) is 0. The summed E-state index contributed by atoms with van der Waals surface area (Å²) in [5.74, 6) is 0.0349. The number of hydrogen-bond donors (Lipinski definition) is 0. The second kappa shape index (κ2) is 10.8. The van der Waals surface area contributed by atoms with Gasteiger partial charge >= 0.3 is 5.97 Å². The molecule has 3 rings (SSSR count). The Hall–Kier alpha value is -3.64. The van der Waals surface area contributed by atoms with Crippen LogP contribution in [0, 0.1) is 17.2 Å². The quantitative estimate of drug-likeness (QED) is 0.450. The molecule has 0 heterocycles. The van der Waals surface area contributed by atoms with Crippen LogP contribution in [0.1, 0.15) is 39.0 Å². The zero-order valence-corrected chi connectivity index (χ0v) is 17.1. The molecule has 1 unspecified atom stereocenters. The number of methoxy groups -OCH3 is 1. The second-order valence-corrected chi connectivity index (χ2v) is 7.27. The van der Waals surface area contributed by atoms with Crippen molar-refractivity contribution < 1.29 is 9.53 Å². The van der Waals surface area contributed by atoms with Gasteiger partial charge in [0.1, 0.15) is 0 Å². The van der Waals surface area contributed by atoms with E-state index in [4.69, 9.17) is 10.00 Å². The number of nitriles is 1. The third kappa shape index (κ3) is 6.18. The molecule has 0 bridgehead atoms. The summed E-state index contributed by atoms with van der Waals surface area (Å²) < 4.78 is 4.78. The zero-order valence-electron chi connectivity index (χ0n) is 17.1. The predicted molar refractivity (Wildman–Crippen MR) is 120 cm³/mol. The van der Waals surface area contributed by atoms with E-state index >= 15 is 0 Å². The molecule has 0 N–H and O–H groups in total. The van der Waals surface area contributed by atoms with E-state index in [9.17, 15) is 4.79 Å². The number of hydrogen-bond acceptors (Lipinski definition) is 3. The SMILES string of the molecule is COC(=O)c1ccc(CC(C=Cc2ccccc2)CCc2ccc(C#N)cc2)cc1. The largest absolute Gasteiger partial charge is 0.465 e. The van der Waals surface area contributed by atoms with E-state index in [0.29, 0.717) is 17.0 Å². The van der Waals surface area contributed by atoms with E-state index < -0.39 is 0 Å². The highest BCUT2D eigenvalue weighted by Gasteiger charge is 2.10. The maximum Gasteiger partial charge on any atom is 0.337 e. The number of rotatable bonds is 8. The summed E-state index contributed by atoms with van der Waals surface area (Å²) in [6.07, 6.45) is 7.27. The summed E-state index contributed by atoms with van der Waals surface area (Å²) in [5, 5.41) is 8.97. The molecule has 0 saturated carbocycles. The fourth-order valence-corrected chi connectivity index (χ4v) is 3.37. The van der Waals surface area contributed by atoms with Crippen LogP contribution >= 0.6 is 0 Å². The van der Waals surface area contributed by atoms with E-state index in [1.807, 2.05) is 66.7 Å². The Labute approximate surface area is 178 Å². The van der Waals surface area contributed by atoms with Crippen molar-refractivity contribution in [3.05, 3.63) is 113 Å². The number of carbonyl (C=O) groups is 1. The molecule has 0 aliphatic heterocycles. The van der Waals surface area contributed by atoms with Crippen LogP contribution in [0.5, 0.6) is 0 Å². The van der Waals surface area contributed by atoms with Gasteiger partial charge in [-0.05, 0) is 66.1 Å². The van der Waals surface area contributed by atoms with Gasteiger partial charge in [0, 0.05) is 0 Å². The Morgan fingerprint density at radius 1 is 0.967 bits per heavy atom. The first-order valence-corrected chi connectivity index (χ1v) is 10.1. The van der Waals surface area contributed by atoms with E-state index in [-0.39, 0.29) is 5.97 Å². The normalized spacial score (nSPS) is 11.7. The molecule has 0 aliphatic carbocycles. The first-order chi connectivity index (χ1) is 14.7. The first kappa shape index (κ1) is 21.1. The number of esters is 1. The van der Waals surface area contributed by atoms with Crippen LogP contribution in [0.4, 0.5) is 0 Å². The van der Waals surface area contributed by atoms with Crippen LogP contribution in [0.3, 0.4) is 0 Å². The van der Waals surface area contributed by atoms with Gasteiger partial charge in [0.05, 0.1) is 24.3 Å². The maximum atomic E-state index is 11.7. The Morgan fingerprint density at radius 3 is 2.27 bits per heavy atom. The average molecular weight is 396 g/mol. The zero-order chi connectivity index (χ0) is 21.2. The van der Waals surface area contributed by atoms with Gasteiger partial charge in [-0.3, -0.25) is 0 Å². The summed E-state index contributed by atoms with van der Waals surface area (Å²) in [7, 11) is 1.39. The first-order valence-electron chi connectivity index (χ1n) is 10.1. The summed E-state index contributed by atoms with van der Waals surface area (Å²) >= 11 is 0. The van der Waals surface area contributed by atoms with E-state index in [1.165, 1.54) is 23.8 Å². The highest BCUT2D eigenvalue weighted by molar-refractivity contribution is 5.89. The van der Waals surface area contributed by atoms with Crippen LogP contribution in [0.25, 0.3) is 6.08 Å². The lowest BCUT2D eigenvalue weighted by atomic mass is 9.91. The lowest BCUT2D eigenvalue weighted by Crippen LogP contribution is -2.05. The number of aryl methyl sites for hydroxylation is 1. The Morgan fingerprint density at radius 2 is 1.63 bits per heavy atom. The molecule has 3 aromatic rings. The molecular weight excluding hydrogens is 370 g/mol. The minimum atomic E-state index is -0.317. The fraction of sp³-hybridized carbons (Fsp3) is 0.185. The molecule has 3 nitrogen and oxygen atoms in total. The molecule has 0 spiro atoms. The number of carbonyl (C=O) groups excluding carboxylic acids is 1. The molecular formula is C27H25NO2. The van der Waals surface area contributed by atoms with Crippen molar-refractivity contribution in [3.63, 3.8) is 0 Å². The van der Waals surface area contributed by atoms with Crippen molar-refractivity contribution in [1.82, 2.24) is 0 Å². The molecule has 0 amide bonds. The van der Waals surface area contributed by atoms with Gasteiger partial charge in [-0.25, -0.2) is 4.79 Å². The van der Waals surface area contributed by atoms with Crippen molar-refractivity contribution in [1.29, 1.82) is 5.26 Å². The molecule has 1 atom stereocenters. The molecule has 0 aliphatic rings. The molecule has 0 saturated heterocycles. The van der Waals surface area contributed by atoms with Gasteiger partial charge < -0.3 is 4.74 Å². The topological polar surface area (TPSA) is 50.1 Å². The lowest BCUT2D eigenvalue weighted by molar-refractivity contribution is 0.0600. The summed E-state index contributed by atoms with van der Waals surface area (Å²) in [6, 6.07) is 27.9. The maximum absolute atomic E-state index is 11.7. The summed E-state index contributed by atoms with van der Waals surface area (Å²) in [4.78, 5) is 11.7. The Bertz CT molecular complexity index is 1010. The van der Waals surface area contributed by atoms with Gasteiger partial charge in [0.25, 0.3) is 0 Å². The van der Waals surface area contributed by atoms with E-state index in [1.54, 1.807) is 0 Å². The minimum Gasteiger partial charge on any atom is -0.465 e. The smallest absolute Gasteiger partial charge is 0.337 e. The van der Waals surface area contributed by atoms with E-state index in [0.717, 1.165) is 19.3 Å². The van der Waals surface area contributed by atoms with Gasteiger partial charge in [0.15, 0.2) is 0 Å². The van der Waals surface area contributed by atoms with E-state index in [2.05, 4.69) is 30.4 Å². The highest BCUT2D eigenvalue weighted by Crippen LogP contribution is 2.20. The average Bonchev–Trinajstić information content (AvgIpc) is 2.81. The van der Waals surface area contributed by atoms with Crippen molar-refractivity contribution >= 4 is 12.0 Å². The van der Waals surface area contributed by atoms with Crippen LogP contribution in [-0.2, 0) is 17.6 Å². The molecule has 0 fully saturated rings. The molecule has 3 aromatic carbocycles. The van der Waals surface area contributed by atoms with Gasteiger partial charge in [-0.15, -0.1) is 0 Å². The third-order valence-corrected chi connectivity index (χ3v) is 5.12. The van der Waals surface area contributed by atoms with Gasteiger partial charge in [0.2, 0.25) is 0 Å². The lowest BCUT2D eigenvalue weighted by Gasteiger charge is -2.14. The number of ether oxygens (including phenoxy) is 1. The van der Waals surface area contributed by atoms with Crippen LogP contribution in [0.15, 0.2) is 84.9 Å². The number of benzene rings is 3. The second-order valence-electron chi connectivity index (χ2n) is 7.27. The predicted octanol–water partition coefficient (Wildman–Crippen LogP) is 5.85. The highest BCUT2D eigenvalue weighted by atomic mass is 16.5. The number of nitrogens with zero attached hydrogens (tertiary/aromatic N) is 1. The molecule has 3 heteroatoms. The van der Waals surface area contributed by atoms with Crippen LogP contribution in [0.2, 0.25) is 0 Å². The van der Waals surface area contributed by atoms with Crippen molar-refractivity contribution in [2.24, 2.45) is 5.92 Å². The van der Waals surface area contributed by atoms with Crippen molar-refractivity contribution in [2.45, 2.75) is 19.3 Å². The monoisotopic (exact) mass is 395 g/mol. The molecule has 150 valence electrons. The fourth-order valence-electron chi connectivity index (χ4n) is 3.37. The third-order valence-electron chi connectivity index (χ3n) is 5.12. The molecule has 0 aromatic heterocycles. The van der Waals surface area contributed by atoms with Gasteiger partial charge in [-0.1, -0.05) is 66.7 Å². The molecule has 30 heavy (non-hydrogen) atoms. The van der Waals surface area contributed by atoms with Crippen LogP contribution in [-0.4, -0.2) is 13.1 Å². The summed E-state index contributed by atoms with van der Waals surface area (Å²) in [5.41, 5.74) is 4.85.